The van der Waals surface area contributed by atoms with E-state index in [0.717, 1.165) is 24.5 Å². The first-order chi connectivity index (χ1) is 14.9. The van der Waals surface area contributed by atoms with Crippen LogP contribution in [0.4, 0.5) is 11.4 Å². The summed E-state index contributed by atoms with van der Waals surface area (Å²) in [5.41, 5.74) is 1.70. The fourth-order valence-electron chi connectivity index (χ4n) is 4.02. The van der Waals surface area contributed by atoms with Gasteiger partial charge in [-0.2, -0.15) is 4.31 Å². The van der Waals surface area contributed by atoms with Crippen molar-refractivity contribution in [1.29, 1.82) is 0 Å². The van der Waals surface area contributed by atoms with Crippen LogP contribution in [0.3, 0.4) is 0 Å². The van der Waals surface area contributed by atoms with Crippen LogP contribution < -0.4 is 10.2 Å². The van der Waals surface area contributed by atoms with Crippen LogP contribution in [0, 0.1) is 5.92 Å². The minimum atomic E-state index is -3.67. The molecule has 0 radical (unpaired) electrons. The highest BCUT2D eigenvalue weighted by molar-refractivity contribution is 7.89. The predicted molar refractivity (Wildman–Crippen MR) is 121 cm³/mol. The van der Waals surface area contributed by atoms with Crippen molar-refractivity contribution in [2.45, 2.75) is 17.7 Å². The second-order valence-electron chi connectivity index (χ2n) is 7.76. The predicted octanol–water partition coefficient (Wildman–Crippen LogP) is 3.22. The van der Waals surface area contributed by atoms with Gasteiger partial charge in [0.1, 0.15) is 0 Å². The van der Waals surface area contributed by atoms with E-state index in [1.54, 1.807) is 12.1 Å². The Kier molecular flexibility index (Phi) is 6.81. The van der Waals surface area contributed by atoms with Crippen LogP contribution >= 0.6 is 11.6 Å². The van der Waals surface area contributed by atoms with Crippen LogP contribution in [0.1, 0.15) is 12.8 Å². The normalized spacial score (nSPS) is 20.4. The number of carbonyl (C=O) groups excluding carboxylic acids is 1. The van der Waals surface area contributed by atoms with Crippen molar-refractivity contribution in [1.82, 2.24) is 4.31 Å². The summed E-state index contributed by atoms with van der Waals surface area (Å²) < 4.78 is 32.9. The molecule has 0 aromatic heterocycles. The molecule has 2 aromatic rings. The molecule has 2 saturated heterocycles. The number of para-hydroxylation sites is 2. The molecule has 2 heterocycles. The van der Waals surface area contributed by atoms with Crippen molar-refractivity contribution >= 4 is 38.9 Å². The third-order valence-electron chi connectivity index (χ3n) is 5.72. The van der Waals surface area contributed by atoms with E-state index in [1.807, 2.05) is 24.3 Å². The van der Waals surface area contributed by atoms with Gasteiger partial charge in [-0.15, -0.1) is 0 Å². The third kappa shape index (κ3) is 5.03. The lowest BCUT2D eigenvalue weighted by atomic mass is 9.98. The van der Waals surface area contributed by atoms with Crippen LogP contribution in [0.25, 0.3) is 0 Å². The molecule has 4 rings (SSSR count). The Morgan fingerprint density at radius 1 is 1.03 bits per heavy atom. The van der Waals surface area contributed by atoms with E-state index in [0.29, 0.717) is 37.6 Å². The summed E-state index contributed by atoms with van der Waals surface area (Å²) in [5.74, 6) is -0.565. The molecule has 31 heavy (non-hydrogen) atoms. The number of benzene rings is 2. The molecule has 2 fully saturated rings. The van der Waals surface area contributed by atoms with E-state index in [2.05, 4.69) is 10.2 Å². The molecule has 166 valence electrons. The molecule has 9 heteroatoms. The molecule has 2 aliphatic heterocycles. The SMILES string of the molecule is O=C(Nc1ccccc1N1CCOCC1)C1CCCN(S(=O)(=O)c2ccc(Cl)cc2)C1. The van der Waals surface area contributed by atoms with E-state index >= 15 is 0 Å². The fourth-order valence-corrected chi connectivity index (χ4v) is 5.67. The third-order valence-corrected chi connectivity index (χ3v) is 7.85. The Morgan fingerprint density at radius 3 is 2.48 bits per heavy atom. The molecule has 2 aromatic carbocycles. The molecular formula is C22H26ClN3O4S. The molecule has 1 atom stereocenters. The molecule has 0 bridgehead atoms. The summed E-state index contributed by atoms with van der Waals surface area (Å²) >= 11 is 5.89. The van der Waals surface area contributed by atoms with Crippen LogP contribution in [0.2, 0.25) is 5.02 Å². The number of hydrogen-bond acceptors (Lipinski definition) is 5. The summed E-state index contributed by atoms with van der Waals surface area (Å²) in [4.78, 5) is 15.4. The minimum absolute atomic E-state index is 0.156. The molecule has 1 amide bonds. The van der Waals surface area contributed by atoms with Crippen molar-refractivity contribution in [3.8, 4) is 0 Å². The highest BCUT2D eigenvalue weighted by Crippen LogP contribution is 2.29. The maximum Gasteiger partial charge on any atom is 0.243 e. The Labute approximate surface area is 188 Å². The summed E-state index contributed by atoms with van der Waals surface area (Å²) in [6.45, 7) is 3.41. The number of rotatable bonds is 5. The highest BCUT2D eigenvalue weighted by atomic mass is 35.5. The molecule has 2 aliphatic rings. The first kappa shape index (κ1) is 22.1. The van der Waals surface area contributed by atoms with E-state index in [4.69, 9.17) is 16.3 Å². The van der Waals surface area contributed by atoms with Gasteiger partial charge in [0.25, 0.3) is 0 Å². The number of anilines is 2. The van der Waals surface area contributed by atoms with Gasteiger partial charge in [-0.25, -0.2) is 8.42 Å². The van der Waals surface area contributed by atoms with Gasteiger partial charge >= 0.3 is 0 Å². The largest absolute Gasteiger partial charge is 0.378 e. The summed E-state index contributed by atoms with van der Waals surface area (Å²) in [5, 5.41) is 3.52. The number of amides is 1. The van der Waals surface area contributed by atoms with Crippen LogP contribution in [0.15, 0.2) is 53.4 Å². The van der Waals surface area contributed by atoms with Crippen molar-refractivity contribution < 1.29 is 17.9 Å². The molecular weight excluding hydrogens is 438 g/mol. The van der Waals surface area contributed by atoms with Crippen molar-refractivity contribution in [2.75, 3.05) is 49.6 Å². The van der Waals surface area contributed by atoms with Gasteiger partial charge in [0.15, 0.2) is 0 Å². The number of carbonyl (C=O) groups is 1. The van der Waals surface area contributed by atoms with Crippen LogP contribution in [-0.4, -0.2) is 58.0 Å². The van der Waals surface area contributed by atoms with Gasteiger partial charge in [0, 0.05) is 31.2 Å². The molecule has 1 unspecified atom stereocenters. The van der Waals surface area contributed by atoms with E-state index < -0.39 is 15.9 Å². The highest BCUT2D eigenvalue weighted by Gasteiger charge is 2.33. The van der Waals surface area contributed by atoms with Crippen molar-refractivity contribution in [2.24, 2.45) is 5.92 Å². The Balaban J connectivity index is 1.47. The standard InChI is InChI=1S/C22H26ClN3O4S/c23-18-7-9-19(10-8-18)31(28,29)26-11-3-4-17(16-26)22(27)24-20-5-1-2-6-21(20)25-12-14-30-15-13-25/h1-2,5-10,17H,3-4,11-16H2,(H,24,27). The second-order valence-corrected chi connectivity index (χ2v) is 10.1. The topological polar surface area (TPSA) is 79.0 Å². The molecule has 1 N–H and O–H groups in total. The number of hydrogen-bond donors (Lipinski definition) is 1. The zero-order valence-electron chi connectivity index (χ0n) is 17.2. The monoisotopic (exact) mass is 463 g/mol. The smallest absolute Gasteiger partial charge is 0.243 e. The number of nitrogens with zero attached hydrogens (tertiary/aromatic N) is 2. The van der Waals surface area contributed by atoms with E-state index in [9.17, 15) is 13.2 Å². The Morgan fingerprint density at radius 2 is 1.74 bits per heavy atom. The van der Waals surface area contributed by atoms with Crippen LogP contribution in [-0.2, 0) is 19.6 Å². The quantitative estimate of drug-likeness (QED) is 0.736. The van der Waals surface area contributed by atoms with Crippen molar-refractivity contribution in [3.63, 3.8) is 0 Å². The molecule has 0 saturated carbocycles. The zero-order valence-corrected chi connectivity index (χ0v) is 18.7. The summed E-state index contributed by atoms with van der Waals surface area (Å²) in [6.07, 6.45) is 1.29. The summed E-state index contributed by atoms with van der Waals surface area (Å²) in [6, 6.07) is 13.8. The Hall–Kier alpha value is -2.13. The average molecular weight is 464 g/mol. The number of ether oxygens (including phenoxy) is 1. The number of nitrogens with one attached hydrogen (secondary N) is 1. The zero-order chi connectivity index (χ0) is 21.8. The van der Waals surface area contributed by atoms with Gasteiger partial charge in [-0.3, -0.25) is 4.79 Å². The number of halogens is 1. The number of morpholine rings is 1. The molecule has 0 aliphatic carbocycles. The summed E-state index contributed by atoms with van der Waals surface area (Å²) in [7, 11) is -3.67. The maximum absolute atomic E-state index is 13.1. The van der Waals surface area contributed by atoms with Gasteiger partial charge in [0.05, 0.1) is 35.4 Å². The average Bonchev–Trinajstić information content (AvgIpc) is 2.80. The second kappa shape index (κ2) is 9.56. The van der Waals surface area contributed by atoms with E-state index in [-0.39, 0.29) is 17.3 Å². The lowest BCUT2D eigenvalue weighted by molar-refractivity contribution is -0.120. The number of piperidine rings is 1. The minimum Gasteiger partial charge on any atom is -0.378 e. The van der Waals surface area contributed by atoms with Crippen molar-refractivity contribution in [3.05, 3.63) is 53.6 Å². The lowest BCUT2D eigenvalue weighted by Crippen LogP contribution is -2.44. The lowest BCUT2D eigenvalue weighted by Gasteiger charge is -2.33. The van der Waals surface area contributed by atoms with Gasteiger partial charge in [-0.1, -0.05) is 23.7 Å². The fraction of sp³-hybridized carbons (Fsp3) is 0.409. The van der Waals surface area contributed by atoms with Gasteiger partial charge in [-0.05, 0) is 49.2 Å². The van der Waals surface area contributed by atoms with Gasteiger partial charge < -0.3 is 15.0 Å². The van der Waals surface area contributed by atoms with Gasteiger partial charge in [0.2, 0.25) is 15.9 Å². The first-order valence-electron chi connectivity index (χ1n) is 10.4. The van der Waals surface area contributed by atoms with E-state index in [1.165, 1.54) is 16.4 Å². The van der Waals surface area contributed by atoms with Crippen LogP contribution in [0.5, 0.6) is 0 Å². The maximum atomic E-state index is 13.1. The molecule has 7 nitrogen and oxygen atoms in total. The first-order valence-corrected chi connectivity index (χ1v) is 12.3. The molecule has 0 spiro atoms. The number of sulfonamides is 1. The Bertz CT molecular complexity index is 1020.